The molecule has 1 fully saturated rings. The molecule has 222 valence electrons. The molecule has 1 saturated carbocycles. The van der Waals surface area contributed by atoms with Gasteiger partial charge in [0.25, 0.3) is 0 Å². The summed E-state index contributed by atoms with van der Waals surface area (Å²) in [5.41, 5.74) is 6.96. The van der Waals surface area contributed by atoms with E-state index in [1.165, 1.54) is 47.3 Å². The normalized spacial score (nSPS) is 25.5. The molecule has 2 N–H and O–H groups in total. The van der Waals surface area contributed by atoms with Gasteiger partial charge in [0.15, 0.2) is 11.5 Å². The number of hydrogen-bond acceptors (Lipinski definition) is 6. The molecule has 0 saturated heterocycles. The molecule has 0 radical (unpaired) electrons. The Kier molecular flexibility index (Phi) is 7.37. The van der Waals surface area contributed by atoms with E-state index >= 15 is 0 Å². The summed E-state index contributed by atoms with van der Waals surface area (Å²) < 4.78 is 10.9. The zero-order valence-electron chi connectivity index (χ0n) is 25.7. The van der Waals surface area contributed by atoms with Gasteiger partial charge in [0.1, 0.15) is 16.6 Å². The van der Waals surface area contributed by atoms with E-state index in [2.05, 4.69) is 50.8 Å². The van der Waals surface area contributed by atoms with E-state index in [1.807, 2.05) is 23.6 Å². The fourth-order valence-electron chi connectivity index (χ4n) is 8.14. The zero-order valence-corrected chi connectivity index (χ0v) is 26.5. The van der Waals surface area contributed by atoms with Crippen LogP contribution in [0.5, 0.6) is 11.5 Å². The van der Waals surface area contributed by atoms with Crippen molar-refractivity contribution in [1.29, 1.82) is 5.41 Å². The quantitative estimate of drug-likeness (QED) is 0.292. The molecule has 1 aliphatic heterocycles. The summed E-state index contributed by atoms with van der Waals surface area (Å²) in [6.07, 6.45) is 5.84. The molecule has 1 aromatic heterocycles. The van der Waals surface area contributed by atoms with Crippen LogP contribution in [0.4, 0.5) is 0 Å². The highest BCUT2D eigenvalue weighted by Gasteiger charge is 2.52. The number of amidine groups is 1. The lowest BCUT2D eigenvalue weighted by atomic mass is 9.49. The van der Waals surface area contributed by atoms with Crippen molar-refractivity contribution in [2.45, 2.75) is 71.1 Å². The van der Waals surface area contributed by atoms with Crippen LogP contribution >= 0.6 is 11.3 Å². The number of aromatic nitrogens is 1. The van der Waals surface area contributed by atoms with E-state index in [0.29, 0.717) is 46.3 Å². The van der Waals surface area contributed by atoms with Gasteiger partial charge >= 0.3 is 0 Å². The second kappa shape index (κ2) is 10.7. The number of benzene rings is 2. The van der Waals surface area contributed by atoms with Crippen molar-refractivity contribution in [3.63, 3.8) is 0 Å². The summed E-state index contributed by atoms with van der Waals surface area (Å²) in [5.74, 6) is 3.01. The van der Waals surface area contributed by atoms with Crippen molar-refractivity contribution < 1.29 is 14.6 Å². The topological polar surface area (TPSA) is 78.7 Å². The van der Waals surface area contributed by atoms with Crippen molar-refractivity contribution >= 4 is 22.7 Å². The van der Waals surface area contributed by atoms with Crippen molar-refractivity contribution in [1.82, 2.24) is 9.88 Å². The molecule has 6 nitrogen and oxygen atoms in total. The van der Waals surface area contributed by atoms with E-state index < -0.39 is 0 Å². The third-order valence-corrected chi connectivity index (χ3v) is 11.2. The van der Waals surface area contributed by atoms with Crippen molar-refractivity contribution in [2.75, 3.05) is 27.3 Å². The number of nitrogens with one attached hydrogen (secondary N) is 1. The maximum atomic E-state index is 11.1. The summed E-state index contributed by atoms with van der Waals surface area (Å²) in [6, 6.07) is 13.0. The number of aliphatic hydroxyl groups is 1. The number of fused-ring (bicyclic) bond motifs is 3. The van der Waals surface area contributed by atoms with Crippen LogP contribution < -0.4 is 9.47 Å². The molecule has 0 amide bonds. The number of ether oxygens (including phenoxy) is 2. The molecular formula is C35H43N3O3S. The highest BCUT2D eigenvalue weighted by atomic mass is 32.1. The molecule has 3 aliphatic rings. The average molecular weight is 586 g/mol. The number of nitrogens with zero attached hydrogens (tertiary/aromatic N) is 2. The maximum absolute atomic E-state index is 11.1. The standard InChI is InChI=1S/C35H43N3O3S/c1-21(2)22-8-11-25-23(16-22)10-13-30-34(3,14-7-15-35(25,30)4)20-38-18-27(39)31(32(38)36)33-37-26(19-42-33)24-9-12-28(40-5)29(17-24)41-6/h8-9,11-12,16-17,19,21,30,36,39H,7,10,13-15,18,20H2,1-6H3. The number of methoxy groups -OCH3 is 2. The van der Waals surface area contributed by atoms with Crippen molar-refractivity contribution in [3.05, 3.63) is 69.2 Å². The van der Waals surface area contributed by atoms with Gasteiger partial charge in [-0.05, 0) is 83.2 Å². The van der Waals surface area contributed by atoms with Crippen LogP contribution in [-0.4, -0.2) is 48.1 Å². The van der Waals surface area contributed by atoms with Gasteiger partial charge in [0, 0.05) is 17.5 Å². The Morgan fingerprint density at radius 2 is 1.88 bits per heavy atom. The first-order valence-electron chi connectivity index (χ1n) is 15.2. The van der Waals surface area contributed by atoms with Gasteiger partial charge in [-0.25, -0.2) is 4.98 Å². The van der Waals surface area contributed by atoms with Gasteiger partial charge in [0.2, 0.25) is 0 Å². The van der Waals surface area contributed by atoms with E-state index in [0.717, 1.165) is 30.6 Å². The molecule has 0 bridgehead atoms. The van der Waals surface area contributed by atoms with Gasteiger partial charge in [-0.3, -0.25) is 5.41 Å². The Morgan fingerprint density at radius 3 is 2.62 bits per heavy atom. The first-order valence-corrected chi connectivity index (χ1v) is 16.0. The Hall–Kier alpha value is -3.32. The van der Waals surface area contributed by atoms with E-state index in [1.54, 1.807) is 14.2 Å². The highest BCUT2D eigenvalue weighted by Crippen LogP contribution is 2.58. The zero-order chi connectivity index (χ0) is 29.8. The fraction of sp³-hybridized carbons (Fsp3) is 0.486. The van der Waals surface area contributed by atoms with Gasteiger partial charge < -0.3 is 19.5 Å². The molecule has 3 unspecified atom stereocenters. The molecule has 3 aromatic rings. The van der Waals surface area contributed by atoms with Gasteiger partial charge in [-0.15, -0.1) is 11.3 Å². The highest BCUT2D eigenvalue weighted by molar-refractivity contribution is 7.11. The van der Waals surface area contributed by atoms with Crippen LogP contribution in [0.15, 0.2) is 47.5 Å². The smallest absolute Gasteiger partial charge is 0.161 e. The minimum Gasteiger partial charge on any atom is -0.510 e. The second-order valence-electron chi connectivity index (χ2n) is 13.2. The SMILES string of the molecule is COc1ccc(-c2csc(C3=C(O)CN(CC4(C)CCCC5(C)c6ccc(C(C)C)cc6CCC45)C3=N)n2)cc1OC. The van der Waals surface area contributed by atoms with E-state index in [4.69, 9.17) is 19.9 Å². The van der Waals surface area contributed by atoms with E-state index in [-0.39, 0.29) is 16.6 Å². The minimum absolute atomic E-state index is 0.0527. The Morgan fingerprint density at radius 1 is 1.10 bits per heavy atom. The maximum Gasteiger partial charge on any atom is 0.161 e. The van der Waals surface area contributed by atoms with Crippen LogP contribution in [0.3, 0.4) is 0 Å². The molecular weight excluding hydrogens is 542 g/mol. The second-order valence-corrected chi connectivity index (χ2v) is 14.1. The largest absolute Gasteiger partial charge is 0.510 e. The third-order valence-electron chi connectivity index (χ3n) is 10.3. The fourth-order valence-corrected chi connectivity index (χ4v) is 9.03. The van der Waals surface area contributed by atoms with Gasteiger partial charge in [-0.1, -0.05) is 52.3 Å². The Balaban J connectivity index is 1.23. The Bertz CT molecular complexity index is 1560. The van der Waals surface area contributed by atoms with Gasteiger partial charge in [0.05, 0.1) is 32.0 Å². The summed E-state index contributed by atoms with van der Waals surface area (Å²) in [6.45, 7) is 10.6. The first-order chi connectivity index (χ1) is 20.1. The summed E-state index contributed by atoms with van der Waals surface area (Å²) in [5, 5.41) is 23.0. The number of thiazole rings is 1. The number of hydrogen-bond donors (Lipinski definition) is 2. The summed E-state index contributed by atoms with van der Waals surface area (Å²) in [4.78, 5) is 6.94. The van der Waals surface area contributed by atoms with Gasteiger partial charge in [-0.2, -0.15) is 0 Å². The lowest BCUT2D eigenvalue weighted by Gasteiger charge is -2.56. The third kappa shape index (κ3) is 4.70. The first kappa shape index (κ1) is 28.8. The molecule has 42 heavy (non-hydrogen) atoms. The molecule has 3 atom stereocenters. The molecule has 2 heterocycles. The lowest BCUT2D eigenvalue weighted by Crippen LogP contribution is -2.53. The predicted octanol–water partition coefficient (Wildman–Crippen LogP) is 8.22. The van der Waals surface area contributed by atoms with E-state index in [9.17, 15) is 5.11 Å². The van der Waals surface area contributed by atoms with Crippen LogP contribution in [0.1, 0.15) is 81.0 Å². The van der Waals surface area contributed by atoms with Crippen molar-refractivity contribution in [2.24, 2.45) is 11.3 Å². The molecule has 7 heteroatoms. The molecule has 2 aromatic carbocycles. The van der Waals surface area contributed by atoms with Crippen LogP contribution in [-0.2, 0) is 11.8 Å². The summed E-state index contributed by atoms with van der Waals surface area (Å²) in [7, 11) is 3.24. The Labute approximate surface area is 253 Å². The summed E-state index contributed by atoms with van der Waals surface area (Å²) >= 11 is 1.46. The molecule has 0 spiro atoms. The number of aryl methyl sites for hydroxylation is 1. The van der Waals surface area contributed by atoms with Crippen molar-refractivity contribution in [3.8, 4) is 22.8 Å². The lowest BCUT2D eigenvalue weighted by molar-refractivity contribution is 0.0108. The van der Waals surface area contributed by atoms with Crippen LogP contribution in [0, 0.1) is 16.7 Å². The molecule has 6 rings (SSSR count). The minimum atomic E-state index is 0.0527. The predicted molar refractivity (Wildman–Crippen MR) is 171 cm³/mol. The van der Waals surface area contributed by atoms with Crippen LogP contribution in [0.25, 0.3) is 16.8 Å². The van der Waals surface area contributed by atoms with Crippen LogP contribution in [0.2, 0.25) is 0 Å². The average Bonchev–Trinajstić information content (AvgIpc) is 3.55. The number of rotatable bonds is 7. The monoisotopic (exact) mass is 585 g/mol. The molecule has 2 aliphatic carbocycles. The number of aliphatic hydroxyl groups excluding tert-OH is 1.